The lowest BCUT2D eigenvalue weighted by Gasteiger charge is -2.27. The van der Waals surface area contributed by atoms with E-state index in [4.69, 9.17) is 4.74 Å². The smallest absolute Gasteiger partial charge is 0.331 e. The van der Waals surface area contributed by atoms with Crippen molar-refractivity contribution in [1.82, 2.24) is 0 Å². The van der Waals surface area contributed by atoms with E-state index in [9.17, 15) is 45.6 Å². The summed E-state index contributed by atoms with van der Waals surface area (Å²) in [5.74, 6) is -1.19. The number of carbonyl (C=O) groups is 1. The Morgan fingerprint density at radius 2 is 1.13 bits per heavy atom. The average molecular weight is 665 g/mol. The van der Waals surface area contributed by atoms with Gasteiger partial charge in [0.2, 0.25) is 0 Å². The van der Waals surface area contributed by atoms with Crippen LogP contribution in [0.15, 0.2) is 72.9 Å². The fourth-order valence-electron chi connectivity index (χ4n) is 5.44. The van der Waals surface area contributed by atoms with E-state index in [0.29, 0.717) is 6.42 Å². The molecule has 0 aromatic carbocycles. The number of esters is 1. The first-order valence-electron chi connectivity index (χ1n) is 16.9. The molecule has 0 spiro atoms. The quantitative estimate of drug-likeness (QED) is 0.161. The topological polar surface area (TPSA) is 188 Å². The number of aliphatic hydroxyl groups excluding tert-OH is 8. The van der Waals surface area contributed by atoms with Crippen LogP contribution >= 0.6 is 0 Å². The van der Waals surface area contributed by atoms with Crippen molar-refractivity contribution < 1.29 is 50.4 Å². The van der Waals surface area contributed by atoms with Gasteiger partial charge in [0.15, 0.2) is 0 Å². The highest BCUT2D eigenvalue weighted by Gasteiger charge is 2.27. The summed E-state index contributed by atoms with van der Waals surface area (Å²) >= 11 is 0. The van der Waals surface area contributed by atoms with Gasteiger partial charge in [-0.1, -0.05) is 101 Å². The van der Waals surface area contributed by atoms with E-state index in [1.165, 1.54) is 12.2 Å². The maximum atomic E-state index is 12.5. The summed E-state index contributed by atoms with van der Waals surface area (Å²) in [4.78, 5) is 12.5. The van der Waals surface area contributed by atoms with Gasteiger partial charge in [0.1, 0.15) is 6.10 Å². The van der Waals surface area contributed by atoms with Gasteiger partial charge < -0.3 is 45.6 Å². The summed E-state index contributed by atoms with van der Waals surface area (Å²) in [6, 6.07) is 0. The van der Waals surface area contributed by atoms with E-state index in [2.05, 4.69) is 0 Å². The van der Waals surface area contributed by atoms with Gasteiger partial charge in [-0.2, -0.15) is 0 Å². The summed E-state index contributed by atoms with van der Waals surface area (Å²) in [6.07, 6.45) is 12.2. The molecule has 1 rings (SSSR count). The van der Waals surface area contributed by atoms with Gasteiger partial charge in [0.25, 0.3) is 0 Å². The van der Waals surface area contributed by atoms with Crippen LogP contribution in [0.25, 0.3) is 0 Å². The first-order valence-corrected chi connectivity index (χ1v) is 16.9. The van der Waals surface area contributed by atoms with E-state index in [0.717, 1.165) is 6.42 Å². The summed E-state index contributed by atoms with van der Waals surface area (Å²) in [5, 5.41) is 83.4. The number of hydrogen-bond acceptors (Lipinski definition) is 10. The number of hydrogen-bond donors (Lipinski definition) is 8. The first kappa shape index (κ1) is 42.6. The fraction of sp³-hybridized carbons (Fsp3) is 0.649. The van der Waals surface area contributed by atoms with Crippen LogP contribution in [0.4, 0.5) is 0 Å². The molecule has 0 bridgehead atoms. The molecule has 10 nitrogen and oxygen atoms in total. The second kappa shape index (κ2) is 23.8. The number of carbonyl (C=O) groups excluding carboxylic acids is 1. The van der Waals surface area contributed by atoms with Gasteiger partial charge in [0, 0.05) is 24.3 Å². The van der Waals surface area contributed by atoms with Crippen molar-refractivity contribution in [3.05, 3.63) is 72.9 Å². The standard InChI is InChI=1S/C37H60O10/c1-5-25(2)37-26(3)17-18-28(38)19-29(39)20-30(40)21-31(41)22-32(42)23-33(43)24-35(45)27(4)34(44)15-13-11-9-7-6-8-10-12-14-16-36(46)47-37/h6-14,16-18,25-35,37-45H,5,15,19-24H2,1-4H3/b8-6+,9-7+,12-10-,13-11-,16-14+,18-17+. The van der Waals surface area contributed by atoms with E-state index in [-0.39, 0.29) is 50.4 Å². The fourth-order valence-corrected chi connectivity index (χ4v) is 5.44. The Morgan fingerprint density at radius 1 is 0.660 bits per heavy atom. The minimum atomic E-state index is -1.10. The number of aliphatic hydroxyl groups is 8. The van der Waals surface area contributed by atoms with Crippen molar-refractivity contribution in [3.8, 4) is 0 Å². The molecule has 12 unspecified atom stereocenters. The lowest BCUT2D eigenvalue weighted by molar-refractivity contribution is -0.147. The lowest BCUT2D eigenvalue weighted by atomic mass is 9.90. The molecule has 0 aliphatic carbocycles. The van der Waals surface area contributed by atoms with Gasteiger partial charge in [-0.3, -0.25) is 0 Å². The van der Waals surface area contributed by atoms with Crippen molar-refractivity contribution in [1.29, 1.82) is 0 Å². The van der Waals surface area contributed by atoms with E-state index in [1.54, 1.807) is 67.7 Å². The number of allylic oxidation sites excluding steroid dienone is 8. The third-order valence-corrected chi connectivity index (χ3v) is 8.55. The molecule has 0 aromatic heterocycles. The Bertz CT molecular complexity index is 1030. The van der Waals surface area contributed by atoms with E-state index in [1.807, 2.05) is 20.8 Å². The SMILES string of the molecule is CCC(C)C1OC(=O)/C=C/C=C\C=C\C=C\C=C/CC(O)C(C)C(O)CC(O)CC(O)CC(O)CC(O)CC(O)CC(O)/C=C/C1C. The van der Waals surface area contributed by atoms with Gasteiger partial charge in [0.05, 0.1) is 48.8 Å². The second-order valence-electron chi connectivity index (χ2n) is 13.0. The Labute approximate surface area is 280 Å². The highest BCUT2D eigenvalue weighted by atomic mass is 16.5. The van der Waals surface area contributed by atoms with Crippen LogP contribution in [0.3, 0.4) is 0 Å². The zero-order valence-corrected chi connectivity index (χ0v) is 28.4. The van der Waals surface area contributed by atoms with Crippen molar-refractivity contribution in [2.75, 3.05) is 0 Å². The molecule has 0 radical (unpaired) electrons. The van der Waals surface area contributed by atoms with Gasteiger partial charge in [-0.05, 0) is 44.4 Å². The van der Waals surface area contributed by atoms with Crippen molar-refractivity contribution in [2.24, 2.45) is 17.8 Å². The van der Waals surface area contributed by atoms with Crippen molar-refractivity contribution >= 4 is 5.97 Å². The first-order chi connectivity index (χ1) is 22.2. The molecule has 12 atom stereocenters. The third-order valence-electron chi connectivity index (χ3n) is 8.55. The Hall–Kier alpha value is -2.41. The molecule has 1 heterocycles. The molecular formula is C37H60O10. The molecule has 47 heavy (non-hydrogen) atoms. The molecule has 0 amide bonds. The average Bonchev–Trinajstić information content (AvgIpc) is 2.99. The van der Waals surface area contributed by atoms with Crippen LogP contribution in [0.1, 0.15) is 79.1 Å². The van der Waals surface area contributed by atoms with Crippen LogP contribution < -0.4 is 0 Å². The zero-order valence-electron chi connectivity index (χ0n) is 28.4. The normalized spacial score (nSPS) is 40.3. The van der Waals surface area contributed by atoms with Crippen molar-refractivity contribution in [2.45, 2.75) is 134 Å². The van der Waals surface area contributed by atoms with Crippen LogP contribution in [0.2, 0.25) is 0 Å². The number of cyclic esters (lactones) is 1. The van der Waals surface area contributed by atoms with E-state index < -0.39 is 66.8 Å². The molecule has 268 valence electrons. The summed E-state index contributed by atoms with van der Waals surface area (Å²) in [5.41, 5.74) is 0. The molecule has 0 saturated heterocycles. The van der Waals surface area contributed by atoms with Gasteiger partial charge in [-0.15, -0.1) is 0 Å². The van der Waals surface area contributed by atoms with Crippen LogP contribution in [0.5, 0.6) is 0 Å². The van der Waals surface area contributed by atoms with Crippen LogP contribution in [-0.2, 0) is 9.53 Å². The van der Waals surface area contributed by atoms with Crippen LogP contribution in [0, 0.1) is 17.8 Å². The maximum Gasteiger partial charge on any atom is 0.331 e. The molecule has 1 aliphatic heterocycles. The lowest BCUT2D eigenvalue weighted by Crippen LogP contribution is -2.34. The predicted octanol–water partition coefficient (Wildman–Crippen LogP) is 3.19. The summed E-state index contributed by atoms with van der Waals surface area (Å²) in [7, 11) is 0. The second-order valence-corrected chi connectivity index (χ2v) is 13.0. The minimum absolute atomic E-state index is 0.0516. The number of rotatable bonds is 2. The molecule has 0 fully saturated rings. The summed E-state index contributed by atoms with van der Waals surface area (Å²) in [6.45, 7) is 7.55. The monoisotopic (exact) mass is 664 g/mol. The largest absolute Gasteiger partial charge is 0.458 e. The molecule has 8 N–H and O–H groups in total. The number of ether oxygens (including phenoxy) is 1. The maximum absolute atomic E-state index is 12.5. The predicted molar refractivity (Wildman–Crippen MR) is 183 cm³/mol. The minimum Gasteiger partial charge on any atom is -0.458 e. The molecule has 0 saturated carbocycles. The van der Waals surface area contributed by atoms with Gasteiger partial charge >= 0.3 is 5.97 Å². The highest BCUT2D eigenvalue weighted by Crippen LogP contribution is 2.23. The Kier molecular flexibility index (Phi) is 21.6. The van der Waals surface area contributed by atoms with Gasteiger partial charge in [-0.25, -0.2) is 4.79 Å². The molecule has 1 aliphatic rings. The Balaban J connectivity index is 3.01. The highest BCUT2D eigenvalue weighted by molar-refractivity contribution is 5.82. The molecule has 0 aromatic rings. The van der Waals surface area contributed by atoms with Crippen LogP contribution in [-0.4, -0.2) is 102 Å². The Morgan fingerprint density at radius 3 is 1.66 bits per heavy atom. The zero-order chi connectivity index (χ0) is 35.4. The summed E-state index contributed by atoms with van der Waals surface area (Å²) < 4.78 is 5.74. The molecule has 10 heteroatoms. The van der Waals surface area contributed by atoms with E-state index >= 15 is 0 Å². The molecular weight excluding hydrogens is 604 g/mol. The third kappa shape index (κ3) is 19.2. The van der Waals surface area contributed by atoms with Crippen molar-refractivity contribution in [3.63, 3.8) is 0 Å².